The van der Waals surface area contributed by atoms with E-state index >= 15 is 0 Å². The molecular formula is C17H16ClNO4. The fourth-order valence-electron chi connectivity index (χ4n) is 2.58. The SMILES string of the molecule is O=C(O)c1ccc(CNC(=O)C2(Cc3ccccc3Cl)CC2)o1. The van der Waals surface area contributed by atoms with Crippen LogP contribution in [-0.2, 0) is 17.8 Å². The van der Waals surface area contributed by atoms with E-state index in [1.807, 2.05) is 24.3 Å². The molecule has 1 aromatic carbocycles. The molecule has 3 rings (SSSR count). The van der Waals surface area contributed by atoms with E-state index in [4.69, 9.17) is 21.1 Å². The van der Waals surface area contributed by atoms with E-state index in [0.29, 0.717) is 17.2 Å². The van der Waals surface area contributed by atoms with Gasteiger partial charge in [0.1, 0.15) is 5.76 Å². The second-order valence-corrected chi connectivity index (χ2v) is 6.21. The summed E-state index contributed by atoms with van der Waals surface area (Å²) in [7, 11) is 0. The molecule has 2 N–H and O–H groups in total. The van der Waals surface area contributed by atoms with E-state index in [1.54, 1.807) is 6.07 Å². The predicted molar refractivity (Wildman–Crippen MR) is 84.3 cm³/mol. The Kier molecular flexibility index (Phi) is 4.13. The lowest BCUT2D eigenvalue weighted by Gasteiger charge is -2.15. The largest absolute Gasteiger partial charge is 0.475 e. The predicted octanol–water partition coefficient (Wildman–Crippen LogP) is 3.27. The van der Waals surface area contributed by atoms with Gasteiger partial charge < -0.3 is 14.8 Å². The van der Waals surface area contributed by atoms with Gasteiger partial charge in [-0.3, -0.25) is 4.79 Å². The van der Waals surface area contributed by atoms with E-state index in [0.717, 1.165) is 18.4 Å². The van der Waals surface area contributed by atoms with Crippen molar-refractivity contribution in [2.24, 2.45) is 5.41 Å². The second kappa shape index (κ2) is 6.08. The summed E-state index contributed by atoms with van der Waals surface area (Å²) in [4.78, 5) is 23.2. The smallest absolute Gasteiger partial charge is 0.371 e. The van der Waals surface area contributed by atoms with Gasteiger partial charge in [-0.25, -0.2) is 4.79 Å². The summed E-state index contributed by atoms with van der Waals surface area (Å²) in [5.41, 5.74) is 0.556. The number of hydrogen-bond acceptors (Lipinski definition) is 3. The van der Waals surface area contributed by atoms with Crippen molar-refractivity contribution in [2.75, 3.05) is 0 Å². The van der Waals surface area contributed by atoms with Gasteiger partial charge >= 0.3 is 5.97 Å². The quantitative estimate of drug-likeness (QED) is 0.850. The Morgan fingerprint density at radius 1 is 1.22 bits per heavy atom. The Bertz CT molecular complexity index is 749. The van der Waals surface area contributed by atoms with Crippen molar-refractivity contribution in [1.29, 1.82) is 0 Å². The summed E-state index contributed by atoms with van der Waals surface area (Å²) in [6, 6.07) is 10.5. The second-order valence-electron chi connectivity index (χ2n) is 5.80. The van der Waals surface area contributed by atoms with Gasteiger partial charge in [-0.1, -0.05) is 29.8 Å². The molecule has 120 valence electrons. The van der Waals surface area contributed by atoms with Gasteiger partial charge in [-0.15, -0.1) is 0 Å². The normalized spacial score (nSPS) is 15.2. The highest BCUT2D eigenvalue weighted by Gasteiger charge is 2.49. The molecule has 1 aliphatic carbocycles. The Balaban J connectivity index is 1.61. The highest BCUT2D eigenvalue weighted by molar-refractivity contribution is 6.31. The van der Waals surface area contributed by atoms with E-state index in [9.17, 15) is 9.59 Å². The minimum atomic E-state index is -1.13. The van der Waals surface area contributed by atoms with Crippen LogP contribution in [0.25, 0.3) is 0 Å². The monoisotopic (exact) mass is 333 g/mol. The summed E-state index contributed by atoms with van der Waals surface area (Å²) < 4.78 is 5.13. The van der Waals surface area contributed by atoms with Crippen molar-refractivity contribution in [1.82, 2.24) is 5.32 Å². The van der Waals surface area contributed by atoms with Crippen LogP contribution in [0.3, 0.4) is 0 Å². The molecule has 0 bridgehead atoms. The van der Waals surface area contributed by atoms with Crippen molar-refractivity contribution in [3.05, 3.63) is 58.5 Å². The van der Waals surface area contributed by atoms with Gasteiger partial charge in [0.05, 0.1) is 12.0 Å². The standard InChI is InChI=1S/C17H16ClNO4/c18-13-4-2-1-3-11(13)9-17(7-8-17)16(22)19-10-12-5-6-14(23-12)15(20)21/h1-6H,7-10H2,(H,19,22)(H,20,21). The maximum absolute atomic E-state index is 12.4. The van der Waals surface area contributed by atoms with E-state index < -0.39 is 11.4 Å². The molecule has 1 heterocycles. The van der Waals surface area contributed by atoms with Gasteiger partial charge in [0.15, 0.2) is 0 Å². The average molecular weight is 334 g/mol. The zero-order valence-electron chi connectivity index (χ0n) is 12.3. The number of amides is 1. The van der Waals surface area contributed by atoms with Crippen LogP contribution in [0.5, 0.6) is 0 Å². The molecule has 0 unspecified atom stereocenters. The van der Waals surface area contributed by atoms with Crippen LogP contribution in [0.4, 0.5) is 0 Å². The van der Waals surface area contributed by atoms with Gasteiger partial charge in [-0.05, 0) is 43.0 Å². The van der Waals surface area contributed by atoms with Crippen molar-refractivity contribution in [3.8, 4) is 0 Å². The number of carbonyl (C=O) groups is 2. The van der Waals surface area contributed by atoms with Gasteiger partial charge in [0, 0.05) is 5.02 Å². The molecule has 2 aromatic rings. The summed E-state index contributed by atoms with van der Waals surface area (Å²) in [6.07, 6.45) is 2.25. The Morgan fingerprint density at radius 2 is 1.96 bits per heavy atom. The number of rotatable bonds is 6. The van der Waals surface area contributed by atoms with E-state index in [-0.39, 0.29) is 18.2 Å². The van der Waals surface area contributed by atoms with Crippen molar-refractivity contribution in [2.45, 2.75) is 25.8 Å². The minimum absolute atomic E-state index is 0.0503. The van der Waals surface area contributed by atoms with Crippen LogP contribution in [0.15, 0.2) is 40.8 Å². The van der Waals surface area contributed by atoms with Crippen LogP contribution in [0, 0.1) is 5.41 Å². The first-order valence-corrected chi connectivity index (χ1v) is 7.72. The van der Waals surface area contributed by atoms with Crippen LogP contribution in [0.2, 0.25) is 5.02 Å². The minimum Gasteiger partial charge on any atom is -0.475 e. The molecule has 0 aliphatic heterocycles. The first kappa shape index (κ1) is 15.6. The van der Waals surface area contributed by atoms with E-state index in [2.05, 4.69) is 5.32 Å². The van der Waals surface area contributed by atoms with Gasteiger partial charge in [0.2, 0.25) is 11.7 Å². The van der Waals surface area contributed by atoms with Crippen LogP contribution < -0.4 is 5.32 Å². The van der Waals surface area contributed by atoms with Gasteiger partial charge in [0.25, 0.3) is 0 Å². The molecule has 1 aliphatic rings. The molecule has 1 amide bonds. The molecule has 6 heteroatoms. The number of benzene rings is 1. The summed E-state index contributed by atoms with van der Waals surface area (Å²) in [5, 5.41) is 12.3. The number of furan rings is 1. The topological polar surface area (TPSA) is 79.5 Å². The lowest BCUT2D eigenvalue weighted by Crippen LogP contribution is -2.32. The first-order chi connectivity index (χ1) is 11.0. The van der Waals surface area contributed by atoms with Gasteiger partial charge in [-0.2, -0.15) is 0 Å². The van der Waals surface area contributed by atoms with Crippen LogP contribution in [-0.4, -0.2) is 17.0 Å². The number of carbonyl (C=O) groups excluding carboxylic acids is 1. The number of hydrogen-bond donors (Lipinski definition) is 2. The fraction of sp³-hybridized carbons (Fsp3) is 0.294. The van der Waals surface area contributed by atoms with E-state index in [1.165, 1.54) is 6.07 Å². The zero-order valence-corrected chi connectivity index (χ0v) is 13.1. The summed E-state index contributed by atoms with van der Waals surface area (Å²) >= 11 is 6.17. The number of carboxylic acid groups (broad SMARTS) is 1. The lowest BCUT2D eigenvalue weighted by atomic mass is 9.95. The molecule has 0 spiro atoms. The third-order valence-corrected chi connectivity index (χ3v) is 4.49. The van der Waals surface area contributed by atoms with Crippen molar-refractivity contribution < 1.29 is 19.1 Å². The number of carboxylic acids is 1. The van der Waals surface area contributed by atoms with Crippen LogP contribution >= 0.6 is 11.6 Å². The lowest BCUT2D eigenvalue weighted by molar-refractivity contribution is -0.126. The number of halogens is 1. The van der Waals surface area contributed by atoms with Crippen molar-refractivity contribution >= 4 is 23.5 Å². The maximum Gasteiger partial charge on any atom is 0.371 e. The number of nitrogens with one attached hydrogen (secondary N) is 1. The first-order valence-electron chi connectivity index (χ1n) is 7.34. The van der Waals surface area contributed by atoms with Crippen LogP contribution in [0.1, 0.15) is 34.7 Å². The summed E-state index contributed by atoms with van der Waals surface area (Å²) in [5.74, 6) is -0.888. The third kappa shape index (κ3) is 3.40. The Labute approximate surface area is 138 Å². The molecular weight excluding hydrogens is 318 g/mol. The zero-order chi connectivity index (χ0) is 16.4. The molecule has 5 nitrogen and oxygen atoms in total. The highest BCUT2D eigenvalue weighted by atomic mass is 35.5. The average Bonchev–Trinajstić information content (AvgIpc) is 3.15. The molecule has 0 saturated heterocycles. The Morgan fingerprint density at radius 3 is 2.57 bits per heavy atom. The summed E-state index contributed by atoms with van der Waals surface area (Å²) in [6.45, 7) is 0.177. The Hall–Kier alpha value is -2.27. The third-order valence-electron chi connectivity index (χ3n) is 4.12. The number of aromatic carboxylic acids is 1. The fourth-order valence-corrected chi connectivity index (χ4v) is 2.79. The molecule has 1 saturated carbocycles. The molecule has 0 atom stereocenters. The molecule has 1 fully saturated rings. The maximum atomic E-state index is 12.4. The molecule has 23 heavy (non-hydrogen) atoms. The molecule has 1 aromatic heterocycles. The van der Waals surface area contributed by atoms with Crippen molar-refractivity contribution in [3.63, 3.8) is 0 Å². The highest BCUT2D eigenvalue weighted by Crippen LogP contribution is 2.49. The molecule has 0 radical (unpaired) electrons.